The van der Waals surface area contributed by atoms with E-state index in [-0.39, 0.29) is 5.60 Å². The van der Waals surface area contributed by atoms with Crippen LogP contribution in [-0.2, 0) is 18.4 Å². The van der Waals surface area contributed by atoms with Gasteiger partial charge in [-0.05, 0) is 20.8 Å². The summed E-state index contributed by atoms with van der Waals surface area (Å²) in [5.74, 6) is 0.567. The number of rotatable bonds is 2. The van der Waals surface area contributed by atoms with Gasteiger partial charge in [0, 0.05) is 28.2 Å². The maximum Gasteiger partial charge on any atom is 0.206 e. The number of nitriles is 1. The topological polar surface area (TPSA) is 91.4 Å². The van der Waals surface area contributed by atoms with Crippen molar-refractivity contribution in [1.82, 2.24) is 25.2 Å². The zero-order chi connectivity index (χ0) is 20.5. The number of hydrogen-bond donors (Lipinski definition) is 1. The van der Waals surface area contributed by atoms with E-state index in [0.29, 0.717) is 12.6 Å². The number of ether oxygens (including phenoxy) is 1. The molecule has 1 aromatic heterocycles. The summed E-state index contributed by atoms with van der Waals surface area (Å²) in [6.45, 7) is 14.6. The van der Waals surface area contributed by atoms with Gasteiger partial charge in [0.2, 0.25) is 5.96 Å². The van der Waals surface area contributed by atoms with Crippen LogP contribution in [0.25, 0.3) is 0 Å². The van der Waals surface area contributed by atoms with Crippen molar-refractivity contribution in [2.24, 2.45) is 12.0 Å². The summed E-state index contributed by atoms with van der Waals surface area (Å²) in [7, 11) is 7.09. The summed E-state index contributed by atoms with van der Waals surface area (Å²) < 4.78 is 7.18. The van der Waals surface area contributed by atoms with E-state index in [2.05, 4.69) is 20.6 Å². The molecule has 1 N–H and O–H groups in total. The fourth-order valence-corrected chi connectivity index (χ4v) is 1.17. The first kappa shape index (κ1) is 27.7. The molecule has 0 aliphatic heterocycles. The van der Waals surface area contributed by atoms with Gasteiger partial charge in [-0.1, -0.05) is 32.9 Å². The minimum absolute atomic E-state index is 0.114. The van der Waals surface area contributed by atoms with E-state index in [0.717, 1.165) is 5.69 Å². The van der Waals surface area contributed by atoms with Crippen molar-refractivity contribution in [2.75, 3.05) is 21.1 Å². The normalized spacial score (nSPS) is 9.92. The van der Waals surface area contributed by atoms with Gasteiger partial charge >= 0.3 is 0 Å². The van der Waals surface area contributed by atoms with Crippen LogP contribution in [0.3, 0.4) is 0 Å². The lowest BCUT2D eigenvalue weighted by atomic mass is 10.2. The monoisotopic (exact) mass is 355 g/mol. The molecule has 1 heterocycles. The summed E-state index contributed by atoms with van der Waals surface area (Å²) in [5.41, 5.74) is 0.754. The lowest BCUT2D eigenvalue weighted by Gasteiger charge is -2.18. The molecule has 0 radical (unpaired) electrons. The van der Waals surface area contributed by atoms with Gasteiger partial charge in [-0.15, -0.1) is 5.10 Å². The number of aliphatic imine (C=N–C) groups is 1. The molecule has 0 aromatic carbocycles. The van der Waals surface area contributed by atoms with Crippen molar-refractivity contribution in [2.45, 2.75) is 60.7 Å². The average Bonchev–Trinajstić information content (AvgIpc) is 3.00. The van der Waals surface area contributed by atoms with E-state index in [1.807, 2.05) is 75.8 Å². The van der Waals surface area contributed by atoms with Crippen molar-refractivity contribution in [3.8, 4) is 6.19 Å². The fourth-order valence-electron chi connectivity index (χ4n) is 1.17. The molecule has 1 rings (SSSR count). The number of hydrogen-bond acceptors (Lipinski definition) is 5. The minimum Gasteiger partial charge on any atom is -0.369 e. The van der Waals surface area contributed by atoms with E-state index < -0.39 is 0 Å². The number of nitrogens with one attached hydrogen (secondary N) is 1. The second kappa shape index (κ2) is 16.7. The zero-order valence-electron chi connectivity index (χ0n) is 17.9. The van der Waals surface area contributed by atoms with Crippen LogP contribution < -0.4 is 5.32 Å². The van der Waals surface area contributed by atoms with Crippen molar-refractivity contribution in [3.63, 3.8) is 0 Å². The molecule has 146 valence electrons. The molecular formula is C17H37N7O. The first-order valence-corrected chi connectivity index (χ1v) is 8.48. The van der Waals surface area contributed by atoms with E-state index in [4.69, 9.17) is 10.00 Å². The Morgan fingerprint density at radius 1 is 1.32 bits per heavy atom. The Kier molecular flexibility index (Phi) is 18.5. The Morgan fingerprint density at radius 2 is 1.84 bits per heavy atom. The summed E-state index contributed by atoms with van der Waals surface area (Å²) in [6, 6.07) is 0. The van der Waals surface area contributed by atoms with Gasteiger partial charge in [0.15, 0.2) is 6.19 Å². The van der Waals surface area contributed by atoms with Crippen LogP contribution in [0.2, 0.25) is 0 Å². The molecule has 0 saturated carbocycles. The SMILES string of the molecule is CC.CC.CN=C(NC#N)N(C)C.Cn1cc(COC(C)(C)C)nn1. The van der Waals surface area contributed by atoms with E-state index in [1.54, 1.807) is 22.8 Å². The van der Waals surface area contributed by atoms with Gasteiger partial charge in [0.25, 0.3) is 0 Å². The molecule has 0 spiro atoms. The van der Waals surface area contributed by atoms with Crippen LogP contribution in [0.1, 0.15) is 54.2 Å². The number of nitrogens with zero attached hydrogens (tertiary/aromatic N) is 6. The van der Waals surface area contributed by atoms with Crippen LogP contribution >= 0.6 is 0 Å². The predicted octanol–water partition coefficient (Wildman–Crippen LogP) is 2.79. The molecule has 0 aliphatic carbocycles. The van der Waals surface area contributed by atoms with Crippen LogP contribution in [-0.4, -0.2) is 52.6 Å². The first-order valence-electron chi connectivity index (χ1n) is 8.48. The molecule has 8 heteroatoms. The molecule has 0 aliphatic rings. The Bertz CT molecular complexity index is 482. The molecule has 25 heavy (non-hydrogen) atoms. The molecule has 0 unspecified atom stereocenters. The second-order valence-electron chi connectivity index (χ2n) is 5.46. The molecule has 8 nitrogen and oxygen atoms in total. The highest BCUT2D eigenvalue weighted by Crippen LogP contribution is 2.09. The number of aromatic nitrogens is 3. The van der Waals surface area contributed by atoms with Crippen LogP contribution in [0.4, 0.5) is 0 Å². The smallest absolute Gasteiger partial charge is 0.206 e. The highest BCUT2D eigenvalue weighted by Gasteiger charge is 2.10. The Morgan fingerprint density at radius 3 is 2.08 bits per heavy atom. The molecule has 0 bridgehead atoms. The van der Waals surface area contributed by atoms with E-state index in [9.17, 15) is 0 Å². The third-order valence-electron chi connectivity index (χ3n) is 2.11. The average molecular weight is 356 g/mol. The van der Waals surface area contributed by atoms with Crippen molar-refractivity contribution in [1.29, 1.82) is 5.26 Å². The van der Waals surface area contributed by atoms with Crippen LogP contribution in [0.15, 0.2) is 11.2 Å². The Labute approximate surface area is 153 Å². The third-order valence-corrected chi connectivity index (χ3v) is 2.11. The highest BCUT2D eigenvalue weighted by atomic mass is 16.5. The summed E-state index contributed by atoms with van der Waals surface area (Å²) >= 11 is 0. The Balaban J connectivity index is -0.000000332. The summed E-state index contributed by atoms with van der Waals surface area (Å²) in [4.78, 5) is 5.51. The first-order chi connectivity index (χ1) is 11.7. The molecule has 0 saturated heterocycles. The van der Waals surface area contributed by atoms with Crippen molar-refractivity contribution >= 4 is 5.96 Å². The Hall–Kier alpha value is -2.14. The second-order valence-corrected chi connectivity index (χ2v) is 5.46. The molecule has 0 fully saturated rings. The summed E-state index contributed by atoms with van der Waals surface area (Å²) in [5, 5.41) is 18.3. The molecular weight excluding hydrogens is 318 g/mol. The standard InChI is InChI=1S/C8H15N3O.C5H10N4.2C2H6/c1-8(2,3)12-6-7-5-11(4)10-9-7;1-7-5(8-4-6)9(2)3;2*1-2/h5H,6H2,1-4H3;1-3H3,(H,7,8);2*1-2H3. The number of aryl methyl sites for hydroxylation is 1. The van der Waals surface area contributed by atoms with Crippen molar-refractivity contribution < 1.29 is 4.74 Å². The fraction of sp³-hybridized carbons (Fsp3) is 0.765. The zero-order valence-corrected chi connectivity index (χ0v) is 17.9. The lowest BCUT2D eigenvalue weighted by molar-refractivity contribution is -0.0165. The van der Waals surface area contributed by atoms with Gasteiger partial charge in [0.05, 0.1) is 18.4 Å². The van der Waals surface area contributed by atoms with Gasteiger partial charge < -0.3 is 9.64 Å². The van der Waals surface area contributed by atoms with Crippen molar-refractivity contribution in [3.05, 3.63) is 11.9 Å². The van der Waals surface area contributed by atoms with Gasteiger partial charge in [-0.2, -0.15) is 5.26 Å². The van der Waals surface area contributed by atoms with Gasteiger partial charge in [-0.3, -0.25) is 15.0 Å². The van der Waals surface area contributed by atoms with E-state index in [1.165, 1.54) is 0 Å². The van der Waals surface area contributed by atoms with Gasteiger partial charge in [-0.25, -0.2) is 0 Å². The maximum atomic E-state index is 8.15. The molecule has 1 aromatic rings. The van der Waals surface area contributed by atoms with Crippen LogP contribution in [0.5, 0.6) is 0 Å². The van der Waals surface area contributed by atoms with Gasteiger partial charge in [0.1, 0.15) is 5.69 Å². The van der Waals surface area contributed by atoms with E-state index >= 15 is 0 Å². The largest absolute Gasteiger partial charge is 0.369 e. The molecule has 0 amide bonds. The minimum atomic E-state index is -0.114. The molecule has 0 atom stereocenters. The lowest BCUT2D eigenvalue weighted by Crippen LogP contribution is -2.32. The maximum absolute atomic E-state index is 8.15. The van der Waals surface area contributed by atoms with Crippen LogP contribution in [0, 0.1) is 11.5 Å². The number of guanidine groups is 1. The highest BCUT2D eigenvalue weighted by molar-refractivity contribution is 5.80. The third kappa shape index (κ3) is 18.0. The summed E-state index contributed by atoms with van der Waals surface area (Å²) in [6.07, 6.45) is 3.63. The predicted molar refractivity (Wildman–Crippen MR) is 104 cm³/mol. The quantitative estimate of drug-likeness (QED) is 0.380.